The van der Waals surface area contributed by atoms with Gasteiger partial charge >= 0.3 is 5.97 Å². The monoisotopic (exact) mass is 467 g/mol. The summed E-state index contributed by atoms with van der Waals surface area (Å²) in [5.41, 5.74) is 4.32. The first-order valence-corrected chi connectivity index (χ1v) is 11.7. The summed E-state index contributed by atoms with van der Waals surface area (Å²) in [4.78, 5) is 11.4. The maximum atomic E-state index is 11.4. The van der Waals surface area contributed by atoms with E-state index in [0.717, 1.165) is 40.9 Å². The number of carbonyl (C=O) groups is 1. The molecule has 0 radical (unpaired) electrons. The van der Waals surface area contributed by atoms with Crippen LogP contribution in [0.2, 0.25) is 0 Å². The van der Waals surface area contributed by atoms with Crippen molar-refractivity contribution in [1.82, 2.24) is 0 Å². The standard InChI is InChI=1S/C30H29NO4/c31-29(25-9-5-2-6-10-25)21-35-26-15-11-22(12-16-26)20-34-27-17-13-24(14-18-27)28(19-30(32)33)23-7-3-1-4-8-23/h2-3,5-18,28,31H,1,4,19-21H2,(H,32,33). The topological polar surface area (TPSA) is 79.6 Å². The smallest absolute Gasteiger partial charge is 0.304 e. The Hall–Kier alpha value is -4.12. The normalized spacial score (nSPS) is 13.5. The van der Waals surface area contributed by atoms with Gasteiger partial charge in [0.1, 0.15) is 24.7 Å². The maximum Gasteiger partial charge on any atom is 0.304 e. The molecule has 2 N–H and O–H groups in total. The summed E-state index contributed by atoms with van der Waals surface area (Å²) in [6, 6.07) is 24.9. The van der Waals surface area contributed by atoms with Crippen molar-refractivity contribution >= 4 is 11.7 Å². The van der Waals surface area contributed by atoms with E-state index in [9.17, 15) is 9.90 Å². The van der Waals surface area contributed by atoms with Gasteiger partial charge in [0.15, 0.2) is 0 Å². The number of rotatable bonds is 11. The highest BCUT2D eigenvalue weighted by atomic mass is 16.5. The van der Waals surface area contributed by atoms with Crippen molar-refractivity contribution in [2.45, 2.75) is 31.8 Å². The fraction of sp³-hybridized carbons (Fsp3) is 0.200. The average Bonchev–Trinajstić information content (AvgIpc) is 2.91. The van der Waals surface area contributed by atoms with E-state index in [2.05, 4.69) is 12.2 Å². The molecule has 0 saturated carbocycles. The molecular weight excluding hydrogens is 438 g/mol. The Bertz CT molecular complexity index is 1200. The lowest BCUT2D eigenvalue weighted by Crippen LogP contribution is -2.11. The number of carboxylic acids is 1. The van der Waals surface area contributed by atoms with E-state index in [1.54, 1.807) is 0 Å². The van der Waals surface area contributed by atoms with Crippen molar-refractivity contribution in [3.05, 3.63) is 119 Å². The molecule has 1 unspecified atom stereocenters. The zero-order chi connectivity index (χ0) is 24.5. The van der Waals surface area contributed by atoms with Crippen molar-refractivity contribution in [1.29, 1.82) is 5.41 Å². The van der Waals surface area contributed by atoms with Gasteiger partial charge in [0.05, 0.1) is 12.1 Å². The predicted molar refractivity (Wildman–Crippen MR) is 137 cm³/mol. The van der Waals surface area contributed by atoms with Gasteiger partial charge < -0.3 is 20.0 Å². The molecule has 1 aliphatic rings. The van der Waals surface area contributed by atoms with Crippen molar-refractivity contribution in [3.8, 4) is 11.5 Å². The number of nitrogens with one attached hydrogen (secondary N) is 1. The minimum absolute atomic E-state index is 0.0651. The Morgan fingerprint density at radius 3 is 2.23 bits per heavy atom. The Labute approximate surface area is 205 Å². The van der Waals surface area contributed by atoms with Crippen LogP contribution in [0.1, 0.15) is 41.9 Å². The van der Waals surface area contributed by atoms with Gasteiger partial charge in [-0.25, -0.2) is 0 Å². The molecule has 0 aromatic heterocycles. The number of allylic oxidation sites excluding steroid dienone is 4. The Morgan fingerprint density at radius 1 is 0.886 bits per heavy atom. The van der Waals surface area contributed by atoms with Gasteiger partial charge in [-0.3, -0.25) is 4.79 Å². The van der Waals surface area contributed by atoms with E-state index in [-0.39, 0.29) is 18.9 Å². The van der Waals surface area contributed by atoms with Gasteiger partial charge in [-0.05, 0) is 59.4 Å². The lowest BCUT2D eigenvalue weighted by Gasteiger charge is -2.19. The average molecular weight is 468 g/mol. The molecule has 3 aromatic rings. The van der Waals surface area contributed by atoms with Gasteiger partial charge in [0, 0.05) is 5.92 Å². The number of aliphatic carboxylic acids is 1. The summed E-state index contributed by atoms with van der Waals surface area (Å²) in [6.07, 6.45) is 8.29. The van der Waals surface area contributed by atoms with Crippen molar-refractivity contribution in [3.63, 3.8) is 0 Å². The number of ether oxygens (including phenoxy) is 2. The Balaban J connectivity index is 1.30. The second-order valence-corrected chi connectivity index (χ2v) is 8.47. The van der Waals surface area contributed by atoms with Crippen LogP contribution >= 0.6 is 0 Å². The van der Waals surface area contributed by atoms with Crippen LogP contribution in [0, 0.1) is 5.41 Å². The lowest BCUT2D eigenvalue weighted by molar-refractivity contribution is -0.137. The minimum Gasteiger partial charge on any atom is -0.489 e. The van der Waals surface area contributed by atoms with Gasteiger partial charge in [-0.2, -0.15) is 0 Å². The van der Waals surface area contributed by atoms with Crippen LogP contribution in [0.5, 0.6) is 11.5 Å². The van der Waals surface area contributed by atoms with Crippen LogP contribution in [0.25, 0.3) is 0 Å². The summed E-state index contributed by atoms with van der Waals surface area (Å²) in [5.74, 6) is 0.468. The molecule has 0 aliphatic heterocycles. The predicted octanol–water partition coefficient (Wildman–Crippen LogP) is 6.55. The highest BCUT2D eigenvalue weighted by molar-refractivity contribution is 5.99. The summed E-state index contributed by atoms with van der Waals surface area (Å²) < 4.78 is 11.7. The molecule has 3 aromatic carbocycles. The molecule has 0 heterocycles. The van der Waals surface area contributed by atoms with E-state index >= 15 is 0 Å². The second kappa shape index (κ2) is 11.8. The second-order valence-electron chi connectivity index (χ2n) is 8.47. The first kappa shape index (κ1) is 24.0. The molecule has 0 fully saturated rings. The molecule has 178 valence electrons. The quantitative estimate of drug-likeness (QED) is 0.314. The van der Waals surface area contributed by atoms with Crippen LogP contribution in [0.3, 0.4) is 0 Å². The number of carboxylic acid groups (broad SMARTS) is 1. The SMILES string of the molecule is N=C(COc1ccc(COc2ccc(C(CC(=O)O)C3=CCCC=C3)cc2)cc1)c1ccccc1. The molecule has 0 saturated heterocycles. The largest absolute Gasteiger partial charge is 0.489 e. The van der Waals surface area contributed by atoms with E-state index in [0.29, 0.717) is 18.1 Å². The third-order valence-electron chi connectivity index (χ3n) is 5.92. The highest BCUT2D eigenvalue weighted by Gasteiger charge is 2.19. The zero-order valence-corrected chi connectivity index (χ0v) is 19.5. The highest BCUT2D eigenvalue weighted by Crippen LogP contribution is 2.32. The lowest BCUT2D eigenvalue weighted by atomic mass is 9.85. The molecule has 0 amide bonds. The third-order valence-corrected chi connectivity index (χ3v) is 5.92. The van der Waals surface area contributed by atoms with Crippen molar-refractivity contribution in [2.75, 3.05) is 6.61 Å². The minimum atomic E-state index is -0.806. The van der Waals surface area contributed by atoms with Crippen LogP contribution in [0.15, 0.2) is 103 Å². The van der Waals surface area contributed by atoms with E-state index in [1.165, 1.54) is 0 Å². The van der Waals surface area contributed by atoms with E-state index < -0.39 is 5.97 Å². The zero-order valence-electron chi connectivity index (χ0n) is 19.5. The summed E-state index contributed by atoms with van der Waals surface area (Å²) >= 11 is 0. The molecular formula is C30H29NO4. The van der Waals surface area contributed by atoms with Crippen LogP contribution in [-0.2, 0) is 11.4 Å². The maximum absolute atomic E-state index is 11.4. The number of benzene rings is 3. The van der Waals surface area contributed by atoms with Crippen molar-refractivity contribution in [2.24, 2.45) is 0 Å². The van der Waals surface area contributed by atoms with E-state index in [4.69, 9.17) is 14.9 Å². The fourth-order valence-electron chi connectivity index (χ4n) is 4.02. The molecule has 35 heavy (non-hydrogen) atoms. The molecule has 5 heteroatoms. The fourth-order valence-corrected chi connectivity index (χ4v) is 4.02. The summed E-state index contributed by atoms with van der Waals surface area (Å²) in [7, 11) is 0. The van der Waals surface area contributed by atoms with Gasteiger partial charge in [-0.1, -0.05) is 72.8 Å². The molecule has 1 aliphatic carbocycles. The number of hydrogen-bond donors (Lipinski definition) is 2. The summed E-state index contributed by atoms with van der Waals surface area (Å²) in [6.45, 7) is 0.619. The van der Waals surface area contributed by atoms with Crippen LogP contribution < -0.4 is 9.47 Å². The van der Waals surface area contributed by atoms with E-state index in [1.807, 2.05) is 84.9 Å². The Morgan fingerprint density at radius 2 is 1.57 bits per heavy atom. The molecule has 1 atom stereocenters. The van der Waals surface area contributed by atoms with Crippen LogP contribution in [-0.4, -0.2) is 23.4 Å². The van der Waals surface area contributed by atoms with Gasteiger partial charge in [-0.15, -0.1) is 0 Å². The third kappa shape index (κ3) is 6.93. The van der Waals surface area contributed by atoms with Crippen molar-refractivity contribution < 1.29 is 19.4 Å². The first-order chi connectivity index (χ1) is 17.1. The van der Waals surface area contributed by atoms with Crippen LogP contribution in [0.4, 0.5) is 0 Å². The Kier molecular flexibility index (Phi) is 8.12. The molecule has 0 spiro atoms. The molecule has 4 rings (SSSR count). The van der Waals surface area contributed by atoms with Gasteiger partial charge in [0.2, 0.25) is 0 Å². The molecule has 5 nitrogen and oxygen atoms in total. The summed E-state index contributed by atoms with van der Waals surface area (Å²) in [5, 5.41) is 17.5. The first-order valence-electron chi connectivity index (χ1n) is 11.7. The van der Waals surface area contributed by atoms with Gasteiger partial charge in [0.25, 0.3) is 0 Å². The molecule has 0 bridgehead atoms. The number of hydrogen-bond acceptors (Lipinski definition) is 4.